The van der Waals surface area contributed by atoms with Gasteiger partial charge in [0.1, 0.15) is 0 Å². The minimum atomic E-state index is -0.587. The highest BCUT2D eigenvalue weighted by atomic mass is 16.4. The van der Waals surface area contributed by atoms with Gasteiger partial charge < -0.3 is 10.2 Å². The second-order valence-corrected chi connectivity index (χ2v) is 4.00. The van der Waals surface area contributed by atoms with Crippen molar-refractivity contribution in [1.29, 1.82) is 0 Å². The molecule has 4 heteroatoms. The summed E-state index contributed by atoms with van der Waals surface area (Å²) in [7, 11) is 0. The van der Waals surface area contributed by atoms with Gasteiger partial charge in [-0.2, -0.15) is 0 Å². The number of carbonyl (C=O) groups is 1. The van der Waals surface area contributed by atoms with Gasteiger partial charge in [-0.3, -0.25) is 4.79 Å². The minimum Gasteiger partial charge on any atom is -0.436 e. The van der Waals surface area contributed by atoms with E-state index < -0.39 is 5.91 Å². The standard InChI is InChI=1S/C13H14N2O2/c1-9(10-5-3-2-4-6-10)7-12-15-8-11(17-12)13(14)16/h2-6,8-9H,7H2,1H3,(H2,14,16). The van der Waals surface area contributed by atoms with Crippen LogP contribution in [0.2, 0.25) is 0 Å². The van der Waals surface area contributed by atoms with Gasteiger partial charge in [0.25, 0.3) is 5.91 Å². The summed E-state index contributed by atoms with van der Waals surface area (Å²) in [6.45, 7) is 2.09. The number of nitrogens with two attached hydrogens (primary N) is 1. The summed E-state index contributed by atoms with van der Waals surface area (Å²) in [5.41, 5.74) is 6.31. The Morgan fingerprint density at radius 2 is 2.12 bits per heavy atom. The summed E-state index contributed by atoms with van der Waals surface area (Å²) in [6.07, 6.45) is 2.02. The molecule has 1 aromatic carbocycles. The van der Waals surface area contributed by atoms with Gasteiger partial charge in [0.15, 0.2) is 5.89 Å². The second kappa shape index (κ2) is 4.82. The summed E-state index contributed by atoms with van der Waals surface area (Å²) in [5, 5.41) is 0. The minimum absolute atomic E-state index is 0.111. The molecular formula is C13H14N2O2. The lowest BCUT2D eigenvalue weighted by atomic mass is 9.98. The number of hydrogen-bond acceptors (Lipinski definition) is 3. The Morgan fingerprint density at radius 3 is 2.71 bits per heavy atom. The van der Waals surface area contributed by atoms with Crippen LogP contribution in [0.3, 0.4) is 0 Å². The van der Waals surface area contributed by atoms with Crippen molar-refractivity contribution in [2.75, 3.05) is 0 Å². The summed E-state index contributed by atoms with van der Waals surface area (Å²) in [4.78, 5) is 14.9. The fraction of sp³-hybridized carbons (Fsp3) is 0.231. The number of amides is 1. The van der Waals surface area contributed by atoms with Crippen LogP contribution >= 0.6 is 0 Å². The van der Waals surface area contributed by atoms with E-state index in [-0.39, 0.29) is 11.7 Å². The van der Waals surface area contributed by atoms with Crippen molar-refractivity contribution in [3.8, 4) is 0 Å². The average Bonchev–Trinajstić information content (AvgIpc) is 2.79. The van der Waals surface area contributed by atoms with Gasteiger partial charge in [-0.05, 0) is 11.5 Å². The Morgan fingerprint density at radius 1 is 1.41 bits per heavy atom. The van der Waals surface area contributed by atoms with Gasteiger partial charge in [-0.15, -0.1) is 0 Å². The first-order chi connectivity index (χ1) is 8.16. The van der Waals surface area contributed by atoms with E-state index in [2.05, 4.69) is 24.0 Å². The summed E-state index contributed by atoms with van der Waals surface area (Å²) in [6, 6.07) is 10.1. The molecule has 1 atom stereocenters. The molecule has 0 radical (unpaired) electrons. The number of primary amides is 1. The summed E-state index contributed by atoms with van der Waals surface area (Å²) >= 11 is 0. The molecule has 0 aliphatic carbocycles. The third-order valence-corrected chi connectivity index (χ3v) is 2.65. The molecule has 1 aromatic heterocycles. The molecular weight excluding hydrogens is 216 g/mol. The molecule has 0 bridgehead atoms. The Kier molecular flexibility index (Phi) is 3.23. The van der Waals surface area contributed by atoms with Crippen molar-refractivity contribution in [1.82, 2.24) is 4.98 Å². The van der Waals surface area contributed by atoms with Gasteiger partial charge in [0.05, 0.1) is 6.20 Å². The van der Waals surface area contributed by atoms with Gasteiger partial charge in [0, 0.05) is 6.42 Å². The molecule has 0 saturated carbocycles. The Labute approximate surface area is 99.5 Å². The number of hydrogen-bond donors (Lipinski definition) is 1. The molecule has 0 fully saturated rings. The molecule has 2 rings (SSSR count). The molecule has 1 heterocycles. The molecule has 88 valence electrons. The molecule has 2 N–H and O–H groups in total. The van der Waals surface area contributed by atoms with Crippen LogP contribution in [0.1, 0.15) is 34.9 Å². The highest BCUT2D eigenvalue weighted by Crippen LogP contribution is 2.19. The van der Waals surface area contributed by atoms with Crippen molar-refractivity contribution in [2.24, 2.45) is 5.73 Å². The molecule has 0 spiro atoms. The van der Waals surface area contributed by atoms with Gasteiger partial charge >= 0.3 is 0 Å². The van der Waals surface area contributed by atoms with E-state index >= 15 is 0 Å². The van der Waals surface area contributed by atoms with Crippen LogP contribution in [0, 0.1) is 0 Å². The molecule has 1 unspecified atom stereocenters. The molecule has 0 aliphatic rings. The van der Waals surface area contributed by atoms with Crippen LogP contribution in [0.25, 0.3) is 0 Å². The van der Waals surface area contributed by atoms with Crippen molar-refractivity contribution < 1.29 is 9.21 Å². The first kappa shape index (κ1) is 11.4. The zero-order valence-electron chi connectivity index (χ0n) is 9.59. The summed E-state index contributed by atoms with van der Waals surface area (Å²) < 4.78 is 5.25. The Balaban J connectivity index is 2.08. The number of oxazole rings is 1. The maximum absolute atomic E-state index is 10.9. The normalized spacial score (nSPS) is 12.3. The van der Waals surface area contributed by atoms with Crippen molar-refractivity contribution in [3.63, 3.8) is 0 Å². The van der Waals surface area contributed by atoms with E-state index in [4.69, 9.17) is 10.2 Å². The van der Waals surface area contributed by atoms with E-state index in [1.807, 2.05) is 18.2 Å². The van der Waals surface area contributed by atoms with Crippen LogP contribution in [-0.2, 0) is 6.42 Å². The van der Waals surface area contributed by atoms with Crippen LogP contribution in [-0.4, -0.2) is 10.9 Å². The third-order valence-electron chi connectivity index (χ3n) is 2.65. The van der Waals surface area contributed by atoms with Crippen LogP contribution in [0.15, 0.2) is 40.9 Å². The second-order valence-electron chi connectivity index (χ2n) is 4.00. The maximum atomic E-state index is 10.9. The molecule has 2 aromatic rings. The first-order valence-corrected chi connectivity index (χ1v) is 5.46. The topological polar surface area (TPSA) is 69.1 Å². The maximum Gasteiger partial charge on any atom is 0.286 e. The number of aromatic nitrogens is 1. The first-order valence-electron chi connectivity index (χ1n) is 5.46. The zero-order chi connectivity index (χ0) is 12.3. The monoisotopic (exact) mass is 230 g/mol. The lowest BCUT2D eigenvalue weighted by molar-refractivity contribution is 0.0972. The third kappa shape index (κ3) is 2.72. The average molecular weight is 230 g/mol. The van der Waals surface area contributed by atoms with Crippen LogP contribution in [0.4, 0.5) is 0 Å². The number of carbonyl (C=O) groups excluding carboxylic acids is 1. The van der Waals surface area contributed by atoms with E-state index in [0.717, 1.165) is 0 Å². The van der Waals surface area contributed by atoms with Crippen molar-refractivity contribution in [3.05, 3.63) is 53.7 Å². The van der Waals surface area contributed by atoms with Gasteiger partial charge in [0.2, 0.25) is 5.76 Å². The quantitative estimate of drug-likeness (QED) is 0.874. The lowest BCUT2D eigenvalue weighted by Crippen LogP contribution is -2.09. The highest BCUT2D eigenvalue weighted by Gasteiger charge is 2.12. The number of benzene rings is 1. The SMILES string of the molecule is CC(Cc1ncc(C(N)=O)o1)c1ccccc1. The highest BCUT2D eigenvalue weighted by molar-refractivity contribution is 5.89. The molecule has 4 nitrogen and oxygen atoms in total. The lowest BCUT2D eigenvalue weighted by Gasteiger charge is -2.08. The fourth-order valence-electron chi connectivity index (χ4n) is 1.68. The largest absolute Gasteiger partial charge is 0.436 e. The van der Waals surface area contributed by atoms with Gasteiger partial charge in [-0.1, -0.05) is 37.3 Å². The smallest absolute Gasteiger partial charge is 0.286 e. The van der Waals surface area contributed by atoms with Crippen LogP contribution < -0.4 is 5.73 Å². The number of rotatable bonds is 4. The predicted octanol–water partition coefficient (Wildman–Crippen LogP) is 2.12. The van der Waals surface area contributed by atoms with E-state index in [9.17, 15) is 4.79 Å². The van der Waals surface area contributed by atoms with Crippen molar-refractivity contribution >= 4 is 5.91 Å². The van der Waals surface area contributed by atoms with Crippen LogP contribution in [0.5, 0.6) is 0 Å². The van der Waals surface area contributed by atoms with E-state index in [1.165, 1.54) is 11.8 Å². The van der Waals surface area contributed by atoms with Crippen molar-refractivity contribution in [2.45, 2.75) is 19.3 Å². The van der Waals surface area contributed by atoms with E-state index in [0.29, 0.717) is 12.3 Å². The molecule has 0 aliphatic heterocycles. The Bertz CT molecular complexity index is 505. The molecule has 1 amide bonds. The Hall–Kier alpha value is -2.10. The molecule has 0 saturated heterocycles. The fourth-order valence-corrected chi connectivity index (χ4v) is 1.68. The predicted molar refractivity (Wildman–Crippen MR) is 63.6 cm³/mol. The van der Waals surface area contributed by atoms with E-state index in [1.54, 1.807) is 0 Å². The number of nitrogens with zero attached hydrogens (tertiary/aromatic N) is 1. The molecule has 17 heavy (non-hydrogen) atoms. The zero-order valence-corrected chi connectivity index (χ0v) is 9.59. The summed E-state index contributed by atoms with van der Waals surface area (Å²) in [5.74, 6) is 0.349. The van der Waals surface area contributed by atoms with Gasteiger partial charge in [-0.25, -0.2) is 4.98 Å².